The molecular formula is C4H8O2Zr+2. The van der Waals surface area contributed by atoms with E-state index >= 15 is 0 Å². The van der Waals surface area contributed by atoms with Crippen molar-refractivity contribution >= 4 is 3.39 Å². The van der Waals surface area contributed by atoms with Gasteiger partial charge >= 0.3 is 57.6 Å². The van der Waals surface area contributed by atoms with E-state index in [1.54, 1.807) is 0 Å². The molecule has 0 bridgehead atoms. The van der Waals surface area contributed by atoms with Gasteiger partial charge in [-0.3, -0.25) is 0 Å². The normalized spacial score (nSPS) is 9.14. The Balaban J connectivity index is 2.82. The van der Waals surface area contributed by atoms with Crippen molar-refractivity contribution in [3.05, 3.63) is 0 Å². The Morgan fingerprint density at radius 1 is 1.86 bits per heavy atom. The van der Waals surface area contributed by atoms with Crippen molar-refractivity contribution in [3.8, 4) is 0 Å². The zero-order valence-electron chi connectivity index (χ0n) is 4.27. The molecule has 0 aliphatic rings. The summed E-state index contributed by atoms with van der Waals surface area (Å²) < 4.78 is 5.88. The van der Waals surface area contributed by atoms with Crippen molar-refractivity contribution in [2.24, 2.45) is 0 Å². The predicted molar refractivity (Wildman–Crippen MR) is 23.7 cm³/mol. The minimum atomic E-state index is 0.117. The summed E-state index contributed by atoms with van der Waals surface area (Å²) in [6, 6.07) is 0. The molecule has 0 aliphatic heterocycles. The Morgan fingerprint density at radius 2 is 2.43 bits per heavy atom. The van der Waals surface area contributed by atoms with Crippen LogP contribution in [0.15, 0.2) is 0 Å². The third kappa shape index (κ3) is 6.67. The summed E-state index contributed by atoms with van der Waals surface area (Å²) in [5.74, 6) is 0. The van der Waals surface area contributed by atoms with Crippen LogP contribution in [0.4, 0.5) is 0 Å². The molecule has 0 fully saturated rings. The Labute approximate surface area is 57.8 Å². The molecule has 0 unspecified atom stereocenters. The van der Waals surface area contributed by atoms with Crippen LogP contribution in [0, 0.1) is 0 Å². The van der Waals surface area contributed by atoms with Crippen molar-refractivity contribution in [1.82, 2.24) is 0 Å². The van der Waals surface area contributed by atoms with E-state index in [0.29, 0.717) is 6.61 Å². The number of aliphatic hydroxyl groups excluding tert-OH is 1. The first-order valence-corrected chi connectivity index (χ1v) is 3.29. The first kappa shape index (κ1) is 7.67. The third-order valence-corrected chi connectivity index (χ3v) is 0.765. The number of hydrogen-bond acceptors (Lipinski definition) is 2. The summed E-state index contributed by atoms with van der Waals surface area (Å²) in [5, 5.41) is 8.19. The van der Waals surface area contributed by atoms with E-state index in [9.17, 15) is 0 Å². The van der Waals surface area contributed by atoms with Crippen LogP contribution in [-0.4, -0.2) is 21.7 Å². The van der Waals surface area contributed by atoms with Gasteiger partial charge in [-0.15, -0.1) is 0 Å². The second-order valence-corrected chi connectivity index (χ2v) is 2.86. The van der Waals surface area contributed by atoms with Crippen LogP contribution < -0.4 is 0 Å². The van der Waals surface area contributed by atoms with Gasteiger partial charge < -0.3 is 0 Å². The van der Waals surface area contributed by atoms with Gasteiger partial charge in [-0.25, -0.2) is 0 Å². The molecule has 0 saturated heterocycles. The fourth-order valence-corrected chi connectivity index (χ4v) is 0.450. The number of hydrogen-bond donors (Lipinski definition) is 1. The van der Waals surface area contributed by atoms with Gasteiger partial charge in [-0.1, -0.05) is 0 Å². The molecule has 0 rings (SSSR count). The van der Waals surface area contributed by atoms with Crippen LogP contribution in [0.1, 0.15) is 6.92 Å². The van der Waals surface area contributed by atoms with Gasteiger partial charge in [-0.2, -0.15) is 0 Å². The molecule has 38 valence electrons. The Morgan fingerprint density at radius 3 is 2.57 bits per heavy atom. The summed E-state index contributed by atoms with van der Waals surface area (Å²) in [5.41, 5.74) is 0. The van der Waals surface area contributed by atoms with E-state index in [2.05, 4.69) is 0 Å². The molecule has 0 spiro atoms. The molecule has 0 aromatic heterocycles. The van der Waals surface area contributed by atoms with Gasteiger partial charge in [0.15, 0.2) is 0 Å². The second kappa shape index (κ2) is 4.82. The molecule has 0 aliphatic carbocycles. The molecule has 0 heterocycles. The first-order chi connectivity index (χ1) is 3.27. The molecule has 7 heavy (non-hydrogen) atoms. The van der Waals surface area contributed by atoms with E-state index in [-0.39, 0.29) is 6.61 Å². The van der Waals surface area contributed by atoms with E-state index in [0.717, 1.165) is 3.39 Å². The van der Waals surface area contributed by atoms with Crippen LogP contribution in [-0.2, 0) is 29.0 Å². The Hall–Kier alpha value is 0.673. The average molecular weight is 179 g/mol. The van der Waals surface area contributed by atoms with Crippen LogP contribution in [0.25, 0.3) is 0 Å². The molecule has 0 amide bonds. The Kier molecular flexibility index (Phi) is 5.29. The van der Waals surface area contributed by atoms with Gasteiger partial charge in [-0.05, 0) is 0 Å². The fraction of sp³-hybridized carbons (Fsp3) is 0.750. The van der Waals surface area contributed by atoms with Crippen LogP contribution in [0.5, 0.6) is 0 Å². The summed E-state index contributed by atoms with van der Waals surface area (Å²) in [7, 11) is 0. The van der Waals surface area contributed by atoms with E-state index in [4.69, 9.17) is 9.84 Å². The topological polar surface area (TPSA) is 29.5 Å². The number of rotatable bonds is 3. The molecular weight excluding hydrogens is 171 g/mol. The van der Waals surface area contributed by atoms with Gasteiger partial charge in [0.1, 0.15) is 0 Å². The maximum absolute atomic E-state index is 8.19. The molecule has 0 atom stereocenters. The summed E-state index contributed by atoms with van der Waals surface area (Å²) >= 11 is 1.28. The van der Waals surface area contributed by atoms with Crippen molar-refractivity contribution in [2.75, 3.05) is 13.2 Å². The molecule has 0 saturated carbocycles. The zero-order chi connectivity index (χ0) is 5.70. The summed E-state index contributed by atoms with van der Waals surface area (Å²) in [6.45, 7) is 2.46. The molecule has 0 radical (unpaired) electrons. The number of ether oxygens (including phenoxy) is 1. The maximum atomic E-state index is 8.19. The monoisotopic (exact) mass is 178 g/mol. The third-order valence-electron chi connectivity index (χ3n) is 0.410. The van der Waals surface area contributed by atoms with Gasteiger partial charge in [0, 0.05) is 0 Å². The van der Waals surface area contributed by atoms with Gasteiger partial charge in [0.25, 0.3) is 0 Å². The molecule has 0 aromatic carbocycles. The van der Waals surface area contributed by atoms with Crippen molar-refractivity contribution < 1.29 is 34.1 Å². The van der Waals surface area contributed by atoms with E-state index in [1.807, 2.05) is 6.92 Å². The average Bonchev–Trinajstić information content (AvgIpc) is 1.61. The number of aliphatic hydroxyl groups is 1. The van der Waals surface area contributed by atoms with Gasteiger partial charge in [0.2, 0.25) is 0 Å². The summed E-state index contributed by atoms with van der Waals surface area (Å²) in [6.07, 6.45) is 0. The summed E-state index contributed by atoms with van der Waals surface area (Å²) in [4.78, 5) is 0. The molecule has 0 aromatic rings. The van der Waals surface area contributed by atoms with Crippen LogP contribution in [0.3, 0.4) is 0 Å². The van der Waals surface area contributed by atoms with E-state index < -0.39 is 0 Å². The van der Waals surface area contributed by atoms with Crippen molar-refractivity contribution in [1.29, 1.82) is 0 Å². The van der Waals surface area contributed by atoms with Crippen LogP contribution >= 0.6 is 0 Å². The predicted octanol–water partition coefficient (Wildman–Crippen LogP) is -0.308. The molecule has 2 nitrogen and oxygen atoms in total. The fourth-order valence-electron chi connectivity index (χ4n) is 0.199. The van der Waals surface area contributed by atoms with Crippen LogP contribution in [0.2, 0.25) is 0 Å². The first-order valence-electron chi connectivity index (χ1n) is 2.06. The standard InChI is InChI=1S/C4H8O2.Zr/c1-2-6-4-3-5;/h5H,3-4H2,1H3;/q;+2. The van der Waals surface area contributed by atoms with E-state index in [1.165, 1.54) is 24.2 Å². The molecule has 1 N–H and O–H groups in total. The zero-order valence-corrected chi connectivity index (χ0v) is 6.73. The second-order valence-electron chi connectivity index (χ2n) is 1.13. The molecule has 3 heteroatoms. The minimum absolute atomic E-state index is 0.117. The Bertz CT molecular complexity index is 62.7. The quantitative estimate of drug-likeness (QED) is 0.644. The van der Waals surface area contributed by atoms with Gasteiger partial charge in [0.05, 0.1) is 0 Å². The van der Waals surface area contributed by atoms with Crippen molar-refractivity contribution in [2.45, 2.75) is 6.92 Å². The SMILES string of the molecule is C[C](=[Zr+2])OCCO. The van der Waals surface area contributed by atoms with Crippen molar-refractivity contribution in [3.63, 3.8) is 0 Å².